The third-order valence-corrected chi connectivity index (χ3v) is 5.41. The molecule has 144 valence electrons. The lowest BCUT2D eigenvalue weighted by Crippen LogP contribution is -2.46. The average Bonchev–Trinajstić information content (AvgIpc) is 3.05. The van der Waals surface area contributed by atoms with E-state index < -0.39 is 36.0 Å². The van der Waals surface area contributed by atoms with Gasteiger partial charge >= 0.3 is 5.97 Å². The first kappa shape index (κ1) is 18.3. The number of anilines is 1. The highest BCUT2D eigenvalue weighted by Crippen LogP contribution is 2.37. The molecule has 9 heteroatoms. The first-order chi connectivity index (χ1) is 13.3. The van der Waals surface area contributed by atoms with Gasteiger partial charge in [0.05, 0.1) is 28.9 Å². The number of ether oxygens (including phenoxy) is 1. The quantitative estimate of drug-likeness (QED) is 0.718. The summed E-state index contributed by atoms with van der Waals surface area (Å²) in [5.41, 5.74) is 1.66. The van der Waals surface area contributed by atoms with Crippen LogP contribution in [-0.4, -0.2) is 28.1 Å². The number of nitrogens with zero attached hydrogens (tertiary/aromatic N) is 2. The van der Waals surface area contributed by atoms with Crippen LogP contribution in [0.1, 0.15) is 17.0 Å². The molecular weight excluding hydrogens is 390 g/mol. The van der Waals surface area contributed by atoms with Crippen LogP contribution in [0.2, 0.25) is 0 Å². The van der Waals surface area contributed by atoms with Gasteiger partial charge in [-0.25, -0.2) is 13.8 Å². The second-order valence-electron chi connectivity index (χ2n) is 6.42. The molecule has 1 N–H and O–H groups in total. The van der Waals surface area contributed by atoms with E-state index in [4.69, 9.17) is 9.84 Å². The number of aryl methyl sites for hydroxylation is 1. The Bertz CT molecular complexity index is 1110. The van der Waals surface area contributed by atoms with Crippen molar-refractivity contribution in [2.45, 2.75) is 26.0 Å². The van der Waals surface area contributed by atoms with E-state index in [1.165, 1.54) is 11.0 Å². The smallest absolute Gasteiger partial charge is 0.307 e. The van der Waals surface area contributed by atoms with Crippen LogP contribution >= 0.6 is 11.3 Å². The maximum Gasteiger partial charge on any atom is 0.307 e. The number of rotatable bonds is 4. The van der Waals surface area contributed by atoms with Gasteiger partial charge in [-0.1, -0.05) is 6.07 Å². The minimum Gasteiger partial charge on any atom is -0.481 e. The highest BCUT2D eigenvalue weighted by atomic mass is 32.1. The summed E-state index contributed by atoms with van der Waals surface area (Å²) in [7, 11) is 0. The Balaban J connectivity index is 1.74. The van der Waals surface area contributed by atoms with E-state index in [0.29, 0.717) is 22.0 Å². The molecule has 3 aromatic rings. The normalized spacial score (nSPS) is 16.2. The van der Waals surface area contributed by atoms with Crippen LogP contribution in [0.4, 0.5) is 14.5 Å². The molecule has 4 rings (SSSR count). The number of carboxylic acids is 1. The maximum absolute atomic E-state index is 14.0. The van der Waals surface area contributed by atoms with Crippen molar-refractivity contribution in [2.75, 3.05) is 4.90 Å². The summed E-state index contributed by atoms with van der Waals surface area (Å²) in [6.07, 6.45) is -1.65. The van der Waals surface area contributed by atoms with Gasteiger partial charge in [-0.2, -0.15) is 0 Å². The van der Waals surface area contributed by atoms with Crippen molar-refractivity contribution in [1.82, 2.24) is 4.98 Å². The number of aromatic nitrogens is 1. The number of hydrogen-bond donors (Lipinski definition) is 1. The number of benzene rings is 2. The van der Waals surface area contributed by atoms with Crippen LogP contribution in [0.25, 0.3) is 10.2 Å². The van der Waals surface area contributed by atoms with Crippen molar-refractivity contribution < 1.29 is 28.2 Å². The second kappa shape index (κ2) is 6.83. The summed E-state index contributed by atoms with van der Waals surface area (Å²) in [6.45, 7) is 1.84. The molecule has 1 unspecified atom stereocenters. The summed E-state index contributed by atoms with van der Waals surface area (Å²) in [4.78, 5) is 29.6. The number of halogens is 2. The van der Waals surface area contributed by atoms with E-state index in [0.717, 1.165) is 23.0 Å². The first-order valence-electron chi connectivity index (χ1n) is 8.37. The molecule has 1 amide bonds. The Hall–Kier alpha value is -3.07. The lowest BCUT2D eigenvalue weighted by Gasteiger charge is -2.33. The Morgan fingerprint density at radius 1 is 1.32 bits per heavy atom. The molecule has 2 aromatic carbocycles. The molecule has 0 bridgehead atoms. The number of hydrogen-bond acceptors (Lipinski definition) is 5. The standard InChI is InChI=1S/C19H14F2N2O4S/c1-9-2-5-12-13(6-9)27-14(7-16(24)25)19(26)23(12)8-15-22-11-4-3-10(20)17(21)18(11)28-15/h2-6,14H,7-8H2,1H3,(H,24,25). The van der Waals surface area contributed by atoms with Crippen molar-refractivity contribution in [3.05, 3.63) is 52.5 Å². The predicted molar refractivity (Wildman–Crippen MR) is 98.6 cm³/mol. The number of aliphatic carboxylic acids is 1. The molecule has 0 radical (unpaired) electrons. The zero-order chi connectivity index (χ0) is 20.0. The van der Waals surface area contributed by atoms with Gasteiger partial charge < -0.3 is 9.84 Å². The zero-order valence-electron chi connectivity index (χ0n) is 14.6. The number of amides is 1. The van der Waals surface area contributed by atoms with Gasteiger partial charge in [-0.3, -0.25) is 14.5 Å². The van der Waals surface area contributed by atoms with Gasteiger partial charge in [-0.05, 0) is 36.8 Å². The predicted octanol–water partition coefficient (Wildman–Crippen LogP) is 3.65. The summed E-state index contributed by atoms with van der Waals surface area (Å²) < 4.78 is 33.1. The van der Waals surface area contributed by atoms with Crippen molar-refractivity contribution in [3.63, 3.8) is 0 Å². The molecule has 2 heterocycles. The molecule has 0 fully saturated rings. The van der Waals surface area contributed by atoms with Crippen molar-refractivity contribution in [3.8, 4) is 5.75 Å². The average molecular weight is 404 g/mol. The molecule has 6 nitrogen and oxygen atoms in total. The van der Waals surface area contributed by atoms with Crippen LogP contribution < -0.4 is 9.64 Å². The van der Waals surface area contributed by atoms with Crippen molar-refractivity contribution >= 4 is 39.1 Å². The van der Waals surface area contributed by atoms with Gasteiger partial charge in [0, 0.05) is 0 Å². The molecular formula is C19H14F2N2O4S. The molecule has 0 saturated heterocycles. The van der Waals surface area contributed by atoms with Crippen LogP contribution in [0.15, 0.2) is 30.3 Å². The van der Waals surface area contributed by atoms with E-state index in [2.05, 4.69) is 4.98 Å². The molecule has 0 spiro atoms. The number of carbonyl (C=O) groups is 2. The lowest BCUT2D eigenvalue weighted by atomic mass is 10.1. The molecule has 0 aliphatic carbocycles. The number of carboxylic acid groups (broad SMARTS) is 1. The van der Waals surface area contributed by atoms with E-state index in [9.17, 15) is 18.4 Å². The summed E-state index contributed by atoms with van der Waals surface area (Å²) in [6, 6.07) is 7.60. The fourth-order valence-electron chi connectivity index (χ4n) is 3.07. The highest BCUT2D eigenvalue weighted by Gasteiger charge is 2.36. The van der Waals surface area contributed by atoms with E-state index in [1.54, 1.807) is 18.2 Å². The monoisotopic (exact) mass is 404 g/mol. The lowest BCUT2D eigenvalue weighted by molar-refractivity contribution is -0.142. The first-order valence-corrected chi connectivity index (χ1v) is 9.19. The highest BCUT2D eigenvalue weighted by molar-refractivity contribution is 7.18. The van der Waals surface area contributed by atoms with Gasteiger partial charge in [0.1, 0.15) is 10.8 Å². The van der Waals surface area contributed by atoms with Gasteiger partial charge in [-0.15, -0.1) is 11.3 Å². The van der Waals surface area contributed by atoms with Crippen LogP contribution in [0.5, 0.6) is 5.75 Å². The fourth-order valence-corrected chi connectivity index (χ4v) is 4.05. The molecule has 28 heavy (non-hydrogen) atoms. The molecule has 1 aliphatic heterocycles. The third-order valence-electron chi connectivity index (χ3n) is 4.36. The SMILES string of the molecule is Cc1ccc2c(c1)OC(CC(=O)O)C(=O)N2Cc1nc2ccc(F)c(F)c2s1. The number of fused-ring (bicyclic) bond motifs is 2. The summed E-state index contributed by atoms with van der Waals surface area (Å²) in [5.74, 6) is -3.23. The second-order valence-corrected chi connectivity index (χ2v) is 7.50. The van der Waals surface area contributed by atoms with E-state index in [-0.39, 0.29) is 11.2 Å². The number of thiazole rings is 1. The largest absolute Gasteiger partial charge is 0.481 e. The van der Waals surface area contributed by atoms with E-state index >= 15 is 0 Å². The fraction of sp³-hybridized carbons (Fsp3) is 0.211. The van der Waals surface area contributed by atoms with E-state index in [1.807, 2.05) is 6.92 Å². The molecule has 1 aromatic heterocycles. The van der Waals surface area contributed by atoms with Crippen LogP contribution in [-0.2, 0) is 16.1 Å². The maximum atomic E-state index is 14.0. The van der Waals surface area contributed by atoms with Crippen LogP contribution in [0, 0.1) is 18.6 Å². The van der Waals surface area contributed by atoms with Crippen LogP contribution in [0.3, 0.4) is 0 Å². The Morgan fingerprint density at radius 3 is 2.86 bits per heavy atom. The molecule has 1 atom stereocenters. The molecule has 1 aliphatic rings. The summed E-state index contributed by atoms with van der Waals surface area (Å²) >= 11 is 0.950. The minimum atomic E-state index is -1.17. The Kier molecular flexibility index (Phi) is 4.46. The zero-order valence-corrected chi connectivity index (χ0v) is 15.4. The van der Waals surface area contributed by atoms with Gasteiger partial charge in [0.15, 0.2) is 17.7 Å². The topological polar surface area (TPSA) is 79.7 Å². The van der Waals surface area contributed by atoms with Crippen molar-refractivity contribution in [1.29, 1.82) is 0 Å². The molecule has 0 saturated carbocycles. The Labute approximate surface area is 162 Å². The Morgan fingerprint density at radius 2 is 2.11 bits per heavy atom. The number of carbonyl (C=O) groups excluding carboxylic acids is 1. The summed E-state index contributed by atoms with van der Waals surface area (Å²) in [5, 5.41) is 9.47. The minimum absolute atomic E-state index is 0.00518. The van der Waals surface area contributed by atoms with Crippen molar-refractivity contribution in [2.24, 2.45) is 0 Å². The van der Waals surface area contributed by atoms with Gasteiger partial charge in [0.25, 0.3) is 5.91 Å². The third kappa shape index (κ3) is 3.18. The van der Waals surface area contributed by atoms with Gasteiger partial charge in [0.2, 0.25) is 0 Å².